The normalized spacial score (nSPS) is 11.8. The number of thioether (sulfide) groups is 1. The van der Waals surface area contributed by atoms with Crippen LogP contribution >= 0.6 is 27.7 Å². The van der Waals surface area contributed by atoms with Crippen molar-refractivity contribution in [1.82, 2.24) is 20.1 Å². The first-order chi connectivity index (χ1) is 15.2. The number of hydrogen-bond acceptors (Lipinski definition) is 5. The zero-order valence-electron chi connectivity index (χ0n) is 17.4. The summed E-state index contributed by atoms with van der Waals surface area (Å²) in [5, 5.41) is 13.9. The Hall–Kier alpha value is -2.79. The van der Waals surface area contributed by atoms with Crippen molar-refractivity contribution >= 4 is 45.2 Å². The van der Waals surface area contributed by atoms with Crippen LogP contribution in [0.4, 0.5) is 14.5 Å². The molecule has 0 unspecified atom stereocenters. The molecule has 0 saturated heterocycles. The maximum Gasteiger partial charge on any atom is 0.251 e. The van der Waals surface area contributed by atoms with E-state index in [0.717, 1.165) is 23.4 Å². The summed E-state index contributed by atoms with van der Waals surface area (Å²) in [5.74, 6) is -1.92. The number of aryl methyl sites for hydroxylation is 1. The zero-order valence-corrected chi connectivity index (χ0v) is 19.9. The highest BCUT2D eigenvalue weighted by atomic mass is 79.9. The Kier molecular flexibility index (Phi) is 7.62. The molecule has 0 aliphatic rings. The number of rotatable bonds is 7. The van der Waals surface area contributed by atoms with Crippen LogP contribution < -0.4 is 10.6 Å². The highest BCUT2D eigenvalue weighted by molar-refractivity contribution is 9.10. The molecule has 2 aromatic carbocycles. The summed E-state index contributed by atoms with van der Waals surface area (Å²) >= 11 is 4.13. The fourth-order valence-corrected chi connectivity index (χ4v) is 4.07. The van der Waals surface area contributed by atoms with Crippen LogP contribution in [0.3, 0.4) is 0 Å². The third-order valence-corrected chi connectivity index (χ3v) is 6.17. The first kappa shape index (κ1) is 23.9. The number of halogens is 3. The number of nitrogens with zero attached hydrogens (tertiary/aromatic N) is 3. The second-order valence-corrected chi connectivity index (χ2v) is 8.84. The molecule has 1 heterocycles. The summed E-state index contributed by atoms with van der Waals surface area (Å²) in [6, 6.07) is 8.54. The van der Waals surface area contributed by atoms with Crippen LogP contribution in [0.15, 0.2) is 46.0 Å². The van der Waals surface area contributed by atoms with Gasteiger partial charge in [-0.25, -0.2) is 8.78 Å². The number of carbonyl (C=O) groups is 2. The Bertz CT molecular complexity index is 1130. The predicted octanol–water partition coefficient (Wildman–Crippen LogP) is 4.39. The largest absolute Gasteiger partial charge is 0.342 e. The van der Waals surface area contributed by atoms with Crippen molar-refractivity contribution in [2.24, 2.45) is 7.05 Å². The Morgan fingerprint density at radius 1 is 1.19 bits per heavy atom. The minimum atomic E-state index is -0.880. The van der Waals surface area contributed by atoms with E-state index in [9.17, 15) is 18.4 Å². The molecule has 3 rings (SSSR count). The van der Waals surface area contributed by atoms with E-state index in [0.29, 0.717) is 22.6 Å². The molecule has 2 N–H and O–H groups in total. The summed E-state index contributed by atoms with van der Waals surface area (Å²) in [5.41, 5.74) is 1.46. The molecule has 0 aliphatic heterocycles. The van der Waals surface area contributed by atoms with E-state index in [1.165, 1.54) is 0 Å². The van der Waals surface area contributed by atoms with Crippen molar-refractivity contribution < 1.29 is 18.4 Å². The summed E-state index contributed by atoms with van der Waals surface area (Å²) in [7, 11) is 1.72. The number of amides is 2. The van der Waals surface area contributed by atoms with Gasteiger partial charge in [-0.05, 0) is 48.0 Å². The van der Waals surface area contributed by atoms with E-state index in [1.807, 2.05) is 19.1 Å². The van der Waals surface area contributed by atoms with Crippen molar-refractivity contribution in [3.8, 4) is 0 Å². The van der Waals surface area contributed by atoms with E-state index in [2.05, 4.69) is 36.8 Å². The van der Waals surface area contributed by atoms with Gasteiger partial charge in [-0.2, -0.15) is 0 Å². The molecule has 168 valence electrons. The Balaban J connectivity index is 1.60. The van der Waals surface area contributed by atoms with Crippen LogP contribution in [0.5, 0.6) is 0 Å². The molecule has 0 fully saturated rings. The molecule has 7 nitrogen and oxygen atoms in total. The number of aromatic nitrogens is 3. The van der Waals surface area contributed by atoms with Crippen molar-refractivity contribution in [1.29, 1.82) is 0 Å². The van der Waals surface area contributed by atoms with Gasteiger partial charge in [-0.1, -0.05) is 29.5 Å². The molecule has 1 aromatic heterocycles. The summed E-state index contributed by atoms with van der Waals surface area (Å²) in [6.07, 6.45) is 0. The number of carbonyl (C=O) groups excluding carboxylic acids is 2. The highest BCUT2D eigenvalue weighted by Gasteiger charge is 2.19. The molecular weight excluding hydrogens is 504 g/mol. The topological polar surface area (TPSA) is 88.9 Å². The van der Waals surface area contributed by atoms with Gasteiger partial charge in [0, 0.05) is 23.2 Å². The molecule has 2 amide bonds. The lowest BCUT2D eigenvalue weighted by Crippen LogP contribution is -2.28. The first-order valence-electron chi connectivity index (χ1n) is 9.49. The predicted molar refractivity (Wildman–Crippen MR) is 121 cm³/mol. The monoisotopic (exact) mass is 523 g/mol. The van der Waals surface area contributed by atoms with E-state index in [-0.39, 0.29) is 21.8 Å². The number of nitrogens with one attached hydrogen (secondary N) is 2. The molecule has 0 bridgehead atoms. The average molecular weight is 524 g/mol. The summed E-state index contributed by atoms with van der Waals surface area (Å²) in [6.45, 7) is 3.73. The van der Waals surface area contributed by atoms with E-state index >= 15 is 0 Å². The second-order valence-electron chi connectivity index (χ2n) is 7.04. The van der Waals surface area contributed by atoms with E-state index in [4.69, 9.17) is 0 Å². The SMILES string of the molecule is Cc1ccc(C(=O)N[C@H](C)c2nnc(SCC(=O)Nc3c(F)cc(F)cc3Br)n2C)cc1. The van der Waals surface area contributed by atoms with Crippen LogP contribution in [0.25, 0.3) is 0 Å². The maximum atomic E-state index is 13.9. The molecule has 11 heteroatoms. The fourth-order valence-electron chi connectivity index (χ4n) is 2.85. The van der Waals surface area contributed by atoms with Gasteiger partial charge >= 0.3 is 0 Å². The average Bonchev–Trinajstić information content (AvgIpc) is 3.10. The zero-order chi connectivity index (χ0) is 23.4. The van der Waals surface area contributed by atoms with Crippen LogP contribution in [-0.4, -0.2) is 32.3 Å². The third-order valence-electron chi connectivity index (χ3n) is 4.52. The first-order valence-corrected chi connectivity index (χ1v) is 11.3. The van der Waals surface area contributed by atoms with Gasteiger partial charge in [-0.3, -0.25) is 9.59 Å². The highest BCUT2D eigenvalue weighted by Crippen LogP contribution is 2.27. The molecule has 0 saturated carbocycles. The van der Waals surface area contributed by atoms with Gasteiger partial charge in [0.25, 0.3) is 5.91 Å². The van der Waals surface area contributed by atoms with Crippen molar-refractivity contribution in [3.63, 3.8) is 0 Å². The molecule has 32 heavy (non-hydrogen) atoms. The summed E-state index contributed by atoms with van der Waals surface area (Å²) < 4.78 is 28.9. The molecule has 0 radical (unpaired) electrons. The van der Waals surface area contributed by atoms with Gasteiger partial charge in [0.15, 0.2) is 16.8 Å². The van der Waals surface area contributed by atoms with Gasteiger partial charge in [-0.15, -0.1) is 10.2 Å². The second kappa shape index (κ2) is 10.2. The van der Waals surface area contributed by atoms with E-state index < -0.39 is 23.6 Å². The van der Waals surface area contributed by atoms with E-state index in [1.54, 1.807) is 30.7 Å². The third kappa shape index (κ3) is 5.71. The Labute approximate surface area is 196 Å². The van der Waals surface area contributed by atoms with Crippen molar-refractivity contribution in [2.75, 3.05) is 11.1 Å². The fraction of sp³-hybridized carbons (Fsp3) is 0.238. The lowest BCUT2D eigenvalue weighted by Gasteiger charge is -2.14. The lowest BCUT2D eigenvalue weighted by atomic mass is 10.1. The molecule has 3 aromatic rings. The minimum absolute atomic E-state index is 0.0701. The van der Waals surface area contributed by atoms with Crippen molar-refractivity contribution in [3.05, 3.63) is 69.5 Å². The van der Waals surface area contributed by atoms with Gasteiger partial charge in [0.1, 0.15) is 5.82 Å². The smallest absolute Gasteiger partial charge is 0.251 e. The molecular formula is C21H20BrF2N5O2S. The van der Waals surface area contributed by atoms with Crippen LogP contribution in [0, 0.1) is 18.6 Å². The maximum absolute atomic E-state index is 13.9. The molecule has 0 aliphatic carbocycles. The number of anilines is 1. The molecule has 1 atom stereocenters. The molecule has 0 spiro atoms. The van der Waals surface area contributed by atoms with Crippen LogP contribution in [-0.2, 0) is 11.8 Å². The van der Waals surface area contributed by atoms with Gasteiger partial charge < -0.3 is 15.2 Å². The Morgan fingerprint density at radius 2 is 1.88 bits per heavy atom. The quantitative estimate of drug-likeness (QED) is 0.448. The van der Waals surface area contributed by atoms with Crippen molar-refractivity contribution in [2.45, 2.75) is 25.0 Å². The Morgan fingerprint density at radius 3 is 2.53 bits per heavy atom. The van der Waals surface area contributed by atoms with Crippen LogP contribution in [0.1, 0.15) is 34.7 Å². The minimum Gasteiger partial charge on any atom is -0.342 e. The van der Waals surface area contributed by atoms with Crippen LogP contribution in [0.2, 0.25) is 0 Å². The van der Waals surface area contributed by atoms with Gasteiger partial charge in [0.2, 0.25) is 5.91 Å². The van der Waals surface area contributed by atoms with Gasteiger partial charge in [0.05, 0.1) is 17.5 Å². The lowest BCUT2D eigenvalue weighted by molar-refractivity contribution is -0.113. The number of hydrogen-bond donors (Lipinski definition) is 2. The standard InChI is InChI=1S/C21H20BrF2N5O2S/c1-11-4-6-13(7-5-11)20(31)25-12(2)19-27-28-21(29(19)3)32-10-17(30)26-18-15(22)8-14(23)9-16(18)24/h4-9,12H,10H2,1-3H3,(H,25,31)(H,26,30)/t12-/m1/s1. The summed E-state index contributed by atoms with van der Waals surface area (Å²) in [4.78, 5) is 24.7. The number of benzene rings is 2.